The molecule has 1 aliphatic carbocycles. The van der Waals surface area contributed by atoms with Gasteiger partial charge in [-0.25, -0.2) is 0 Å². The van der Waals surface area contributed by atoms with Gasteiger partial charge >= 0.3 is 0 Å². The minimum absolute atomic E-state index is 0.322. The molecule has 3 rings (SSSR count). The first-order valence-corrected chi connectivity index (χ1v) is 9.90. The smallest absolute Gasteiger partial charge is 0.0282 e. The molecule has 1 aliphatic rings. The number of aryl methyl sites for hydroxylation is 1. The Morgan fingerprint density at radius 3 is 2.46 bits per heavy atom. The first-order valence-electron chi connectivity index (χ1n) is 9.90. The molecule has 26 heavy (non-hydrogen) atoms. The van der Waals surface area contributed by atoms with Crippen LogP contribution < -0.4 is 0 Å². The van der Waals surface area contributed by atoms with Gasteiger partial charge in [-0.3, -0.25) is 0 Å². The highest BCUT2D eigenvalue weighted by atomic mass is 15.0. The zero-order chi connectivity index (χ0) is 18.4. The first kappa shape index (κ1) is 18.7. The topological polar surface area (TPSA) is 3.24 Å². The summed E-state index contributed by atoms with van der Waals surface area (Å²) in [7, 11) is 4.24. The van der Waals surface area contributed by atoms with Gasteiger partial charge in [0.05, 0.1) is 0 Å². The lowest BCUT2D eigenvalue weighted by Crippen LogP contribution is -2.11. The summed E-state index contributed by atoms with van der Waals surface area (Å²) in [6.07, 6.45) is 14.3. The third kappa shape index (κ3) is 4.53. The SMILES string of the molecule is CCCCCc1ccc2c(c1)C(C=CCN(C)C)c1ccccc1C=C2. The Morgan fingerprint density at radius 1 is 0.923 bits per heavy atom. The van der Waals surface area contributed by atoms with E-state index < -0.39 is 0 Å². The lowest BCUT2D eigenvalue weighted by molar-refractivity contribution is 0.456. The van der Waals surface area contributed by atoms with Crippen LogP contribution in [0, 0.1) is 0 Å². The van der Waals surface area contributed by atoms with Crippen molar-refractivity contribution >= 4 is 12.2 Å². The molecule has 0 heterocycles. The van der Waals surface area contributed by atoms with Gasteiger partial charge in [-0.2, -0.15) is 0 Å². The van der Waals surface area contributed by atoms with E-state index in [9.17, 15) is 0 Å². The summed E-state index contributed by atoms with van der Waals surface area (Å²) in [5.41, 5.74) is 6.99. The summed E-state index contributed by atoms with van der Waals surface area (Å²) in [6.45, 7) is 3.24. The van der Waals surface area contributed by atoms with Crippen molar-refractivity contribution in [3.8, 4) is 0 Å². The van der Waals surface area contributed by atoms with E-state index in [2.05, 4.69) is 92.7 Å². The fraction of sp³-hybridized carbons (Fsp3) is 0.360. The van der Waals surface area contributed by atoms with E-state index >= 15 is 0 Å². The molecule has 0 aromatic heterocycles. The molecule has 1 nitrogen and oxygen atoms in total. The molecule has 0 amide bonds. The van der Waals surface area contributed by atoms with Crippen molar-refractivity contribution in [1.29, 1.82) is 0 Å². The number of hydrogen-bond donors (Lipinski definition) is 0. The van der Waals surface area contributed by atoms with Crippen LogP contribution in [-0.2, 0) is 6.42 Å². The van der Waals surface area contributed by atoms with Crippen LogP contribution in [0.5, 0.6) is 0 Å². The van der Waals surface area contributed by atoms with Crippen LogP contribution >= 0.6 is 0 Å². The molecular formula is C25H31N. The van der Waals surface area contributed by atoms with E-state index in [4.69, 9.17) is 0 Å². The predicted octanol–water partition coefficient (Wildman–Crippen LogP) is 6.15. The van der Waals surface area contributed by atoms with Crippen molar-refractivity contribution in [1.82, 2.24) is 4.90 Å². The highest BCUT2D eigenvalue weighted by Crippen LogP contribution is 2.36. The summed E-state index contributed by atoms with van der Waals surface area (Å²) in [4.78, 5) is 2.21. The minimum Gasteiger partial charge on any atom is -0.306 e. The van der Waals surface area contributed by atoms with Crippen molar-refractivity contribution in [3.63, 3.8) is 0 Å². The van der Waals surface area contributed by atoms with Gasteiger partial charge in [0, 0.05) is 12.5 Å². The fourth-order valence-electron chi connectivity index (χ4n) is 3.69. The monoisotopic (exact) mass is 345 g/mol. The maximum Gasteiger partial charge on any atom is 0.0282 e. The summed E-state index contributed by atoms with van der Waals surface area (Å²) in [5, 5.41) is 0. The van der Waals surface area contributed by atoms with Crippen LogP contribution in [0.15, 0.2) is 54.6 Å². The molecular weight excluding hydrogens is 314 g/mol. The van der Waals surface area contributed by atoms with Crippen LogP contribution in [0.25, 0.3) is 12.2 Å². The molecule has 1 unspecified atom stereocenters. The summed E-state index contributed by atoms with van der Waals surface area (Å²) in [6, 6.07) is 15.9. The molecule has 0 aliphatic heterocycles. The molecule has 0 bridgehead atoms. The lowest BCUT2D eigenvalue weighted by atomic mass is 9.86. The van der Waals surface area contributed by atoms with Crippen LogP contribution in [0.1, 0.15) is 59.9 Å². The second kappa shape index (κ2) is 9.00. The quantitative estimate of drug-likeness (QED) is 0.429. The lowest BCUT2D eigenvalue weighted by Gasteiger charge is -2.18. The molecule has 1 heteroatoms. The maximum atomic E-state index is 2.45. The minimum atomic E-state index is 0.322. The molecule has 0 saturated carbocycles. The highest BCUT2D eigenvalue weighted by Gasteiger charge is 2.19. The Kier molecular flexibility index (Phi) is 6.46. The molecule has 2 aromatic rings. The molecule has 2 aromatic carbocycles. The average Bonchev–Trinajstić information content (AvgIpc) is 2.79. The van der Waals surface area contributed by atoms with Crippen molar-refractivity contribution in [2.24, 2.45) is 0 Å². The zero-order valence-electron chi connectivity index (χ0n) is 16.4. The third-order valence-corrected chi connectivity index (χ3v) is 5.13. The van der Waals surface area contributed by atoms with Crippen molar-refractivity contribution in [2.75, 3.05) is 20.6 Å². The summed E-state index contributed by atoms with van der Waals surface area (Å²) in [5.74, 6) is 0.322. The number of nitrogens with zero attached hydrogens (tertiary/aromatic N) is 1. The zero-order valence-corrected chi connectivity index (χ0v) is 16.4. The molecule has 0 N–H and O–H groups in total. The summed E-state index contributed by atoms with van der Waals surface area (Å²) >= 11 is 0. The van der Waals surface area contributed by atoms with Gasteiger partial charge < -0.3 is 4.90 Å². The van der Waals surface area contributed by atoms with E-state index in [1.54, 1.807) is 0 Å². The van der Waals surface area contributed by atoms with Gasteiger partial charge in [-0.15, -0.1) is 0 Å². The van der Waals surface area contributed by atoms with Gasteiger partial charge in [0.1, 0.15) is 0 Å². The van der Waals surface area contributed by atoms with E-state index in [0.717, 1.165) is 6.54 Å². The van der Waals surface area contributed by atoms with Crippen LogP contribution in [0.3, 0.4) is 0 Å². The second-order valence-corrected chi connectivity index (χ2v) is 7.55. The van der Waals surface area contributed by atoms with Gasteiger partial charge in [0.15, 0.2) is 0 Å². The Balaban J connectivity index is 1.99. The molecule has 136 valence electrons. The number of unbranched alkanes of at least 4 members (excludes halogenated alkanes) is 2. The predicted molar refractivity (Wildman–Crippen MR) is 115 cm³/mol. The van der Waals surface area contributed by atoms with Crippen LogP contribution in [0.4, 0.5) is 0 Å². The second-order valence-electron chi connectivity index (χ2n) is 7.55. The number of fused-ring (bicyclic) bond motifs is 2. The van der Waals surface area contributed by atoms with Gasteiger partial charge in [0.2, 0.25) is 0 Å². The van der Waals surface area contributed by atoms with E-state index in [1.165, 1.54) is 53.5 Å². The van der Waals surface area contributed by atoms with E-state index in [-0.39, 0.29) is 0 Å². The number of allylic oxidation sites excluding steroid dienone is 1. The normalized spacial score (nSPS) is 15.9. The van der Waals surface area contributed by atoms with E-state index in [1.807, 2.05) is 0 Å². The van der Waals surface area contributed by atoms with Gasteiger partial charge in [-0.1, -0.05) is 86.5 Å². The Morgan fingerprint density at radius 2 is 1.69 bits per heavy atom. The number of likely N-dealkylation sites (N-methyl/N-ethyl adjacent to an activating group) is 1. The number of benzene rings is 2. The Hall–Kier alpha value is -2.12. The molecule has 0 radical (unpaired) electrons. The van der Waals surface area contributed by atoms with Crippen LogP contribution in [-0.4, -0.2) is 25.5 Å². The molecule has 1 atom stereocenters. The van der Waals surface area contributed by atoms with Crippen LogP contribution in [0.2, 0.25) is 0 Å². The van der Waals surface area contributed by atoms with Gasteiger partial charge in [-0.05, 0) is 54.8 Å². The van der Waals surface area contributed by atoms with Gasteiger partial charge in [0.25, 0.3) is 0 Å². The number of rotatable bonds is 7. The van der Waals surface area contributed by atoms with Crippen molar-refractivity contribution in [3.05, 3.63) is 82.4 Å². The van der Waals surface area contributed by atoms with Crippen molar-refractivity contribution < 1.29 is 0 Å². The number of hydrogen-bond acceptors (Lipinski definition) is 1. The molecule has 0 saturated heterocycles. The fourth-order valence-corrected chi connectivity index (χ4v) is 3.69. The largest absolute Gasteiger partial charge is 0.306 e. The Labute approximate surface area is 159 Å². The highest BCUT2D eigenvalue weighted by molar-refractivity contribution is 5.77. The standard InChI is InChI=1S/C25H31N/c1-4-5-6-10-20-14-15-22-17-16-21-11-7-8-12-23(21)24(25(22)19-20)13-9-18-26(2)3/h7-9,11-17,19,24H,4-6,10,18H2,1-3H3. The first-order chi connectivity index (χ1) is 12.7. The van der Waals surface area contributed by atoms with E-state index in [0.29, 0.717) is 5.92 Å². The van der Waals surface area contributed by atoms with Crippen molar-refractivity contribution in [2.45, 2.75) is 38.5 Å². The third-order valence-electron chi connectivity index (χ3n) is 5.13. The molecule has 0 spiro atoms. The Bertz CT molecular complexity index is 782. The molecule has 0 fully saturated rings. The average molecular weight is 346 g/mol. The summed E-state index contributed by atoms with van der Waals surface area (Å²) < 4.78 is 0. The maximum absolute atomic E-state index is 2.45.